The van der Waals surface area contributed by atoms with Crippen molar-refractivity contribution < 1.29 is 9.47 Å². The Labute approximate surface area is 116 Å². The molecular formula is C16H25NO2. The molecule has 0 saturated carbocycles. The van der Waals surface area contributed by atoms with Crippen LogP contribution in [0.4, 0.5) is 0 Å². The van der Waals surface area contributed by atoms with Gasteiger partial charge in [0.2, 0.25) is 6.79 Å². The van der Waals surface area contributed by atoms with Gasteiger partial charge in [-0.1, -0.05) is 32.8 Å². The molecule has 3 nitrogen and oxygen atoms in total. The maximum Gasteiger partial charge on any atom is 0.231 e. The predicted molar refractivity (Wildman–Crippen MR) is 77.6 cm³/mol. The number of ether oxygens (including phenoxy) is 2. The van der Waals surface area contributed by atoms with E-state index in [0.717, 1.165) is 17.4 Å². The summed E-state index contributed by atoms with van der Waals surface area (Å²) >= 11 is 0. The summed E-state index contributed by atoms with van der Waals surface area (Å²) in [5.74, 6) is 2.45. The molecule has 0 spiro atoms. The lowest BCUT2D eigenvalue weighted by Crippen LogP contribution is -2.34. The zero-order valence-corrected chi connectivity index (χ0v) is 12.4. The van der Waals surface area contributed by atoms with Crippen molar-refractivity contribution in [3.05, 3.63) is 23.8 Å². The molecule has 0 radical (unpaired) electrons. The summed E-state index contributed by atoms with van der Waals surface area (Å²) in [6.45, 7) is 9.34. The van der Waals surface area contributed by atoms with Crippen molar-refractivity contribution in [1.82, 2.24) is 5.32 Å². The second-order valence-corrected chi connectivity index (χ2v) is 5.37. The minimum absolute atomic E-state index is 0.324. The van der Waals surface area contributed by atoms with E-state index >= 15 is 0 Å². The van der Waals surface area contributed by atoms with E-state index < -0.39 is 0 Å². The highest BCUT2D eigenvalue weighted by molar-refractivity contribution is 5.45. The van der Waals surface area contributed by atoms with Crippen molar-refractivity contribution in [2.24, 2.45) is 5.92 Å². The summed E-state index contributed by atoms with van der Waals surface area (Å²) in [5.41, 5.74) is 1.25. The molecule has 1 aromatic carbocycles. The van der Waals surface area contributed by atoms with Gasteiger partial charge in [0.25, 0.3) is 0 Å². The van der Waals surface area contributed by atoms with Gasteiger partial charge >= 0.3 is 0 Å². The lowest BCUT2D eigenvalue weighted by atomic mass is 9.94. The van der Waals surface area contributed by atoms with Crippen LogP contribution in [0.25, 0.3) is 0 Å². The van der Waals surface area contributed by atoms with E-state index in [1.807, 2.05) is 6.07 Å². The van der Waals surface area contributed by atoms with Gasteiger partial charge < -0.3 is 14.8 Å². The van der Waals surface area contributed by atoms with E-state index in [2.05, 4.69) is 45.1 Å². The van der Waals surface area contributed by atoms with E-state index in [9.17, 15) is 0 Å². The third-order valence-corrected chi connectivity index (χ3v) is 4.17. The molecule has 1 N–H and O–H groups in total. The number of fused-ring (bicyclic) bond motifs is 1. The zero-order chi connectivity index (χ0) is 13.8. The molecule has 0 amide bonds. The van der Waals surface area contributed by atoms with Crippen LogP contribution >= 0.6 is 0 Å². The van der Waals surface area contributed by atoms with Crippen LogP contribution in [0.2, 0.25) is 0 Å². The molecule has 0 fully saturated rings. The van der Waals surface area contributed by atoms with Gasteiger partial charge in [0.05, 0.1) is 0 Å². The van der Waals surface area contributed by atoms with Crippen molar-refractivity contribution in [3.8, 4) is 11.5 Å². The molecule has 0 aliphatic carbocycles. The predicted octanol–water partition coefficient (Wildman–Crippen LogP) is 3.89. The molecular weight excluding hydrogens is 238 g/mol. The van der Waals surface area contributed by atoms with Crippen molar-refractivity contribution in [2.45, 2.75) is 52.6 Å². The quantitative estimate of drug-likeness (QED) is 0.844. The lowest BCUT2D eigenvalue weighted by Gasteiger charge is -2.26. The van der Waals surface area contributed by atoms with Crippen LogP contribution in [-0.4, -0.2) is 12.8 Å². The Hall–Kier alpha value is -1.22. The van der Waals surface area contributed by atoms with Crippen LogP contribution in [0, 0.1) is 5.92 Å². The SMILES string of the molecule is CCC(CC)C(C)NC(C)c1ccc2c(c1)OCO2. The fourth-order valence-corrected chi connectivity index (χ4v) is 2.80. The van der Waals surface area contributed by atoms with Crippen LogP contribution in [0.5, 0.6) is 11.5 Å². The molecule has 1 heterocycles. The zero-order valence-electron chi connectivity index (χ0n) is 12.4. The molecule has 1 aromatic rings. The first-order valence-corrected chi connectivity index (χ1v) is 7.31. The maximum atomic E-state index is 5.43. The van der Waals surface area contributed by atoms with E-state index in [1.54, 1.807) is 0 Å². The average Bonchev–Trinajstić information content (AvgIpc) is 2.87. The second-order valence-electron chi connectivity index (χ2n) is 5.37. The molecule has 2 atom stereocenters. The number of hydrogen-bond acceptors (Lipinski definition) is 3. The third kappa shape index (κ3) is 3.21. The van der Waals surface area contributed by atoms with Gasteiger partial charge in [-0.25, -0.2) is 0 Å². The largest absolute Gasteiger partial charge is 0.454 e. The monoisotopic (exact) mass is 263 g/mol. The highest BCUT2D eigenvalue weighted by atomic mass is 16.7. The van der Waals surface area contributed by atoms with E-state index in [1.165, 1.54) is 18.4 Å². The molecule has 19 heavy (non-hydrogen) atoms. The molecule has 0 saturated heterocycles. The molecule has 0 aromatic heterocycles. The topological polar surface area (TPSA) is 30.5 Å². The molecule has 2 unspecified atom stereocenters. The summed E-state index contributed by atoms with van der Waals surface area (Å²) in [7, 11) is 0. The Bertz CT molecular complexity index is 415. The normalized spacial score (nSPS) is 16.7. The van der Waals surface area contributed by atoms with Gasteiger partial charge in [-0.2, -0.15) is 0 Å². The molecule has 3 heteroatoms. The fraction of sp³-hybridized carbons (Fsp3) is 0.625. The van der Waals surface area contributed by atoms with Gasteiger partial charge in [0.15, 0.2) is 11.5 Å². The first kappa shape index (κ1) is 14.2. The third-order valence-electron chi connectivity index (χ3n) is 4.17. The summed E-state index contributed by atoms with van der Waals surface area (Å²) in [5, 5.41) is 3.69. The standard InChI is InChI=1S/C16H25NO2/c1-5-13(6-2)11(3)17-12(4)14-7-8-15-16(9-14)19-10-18-15/h7-9,11-13,17H,5-6,10H2,1-4H3. The first-order valence-electron chi connectivity index (χ1n) is 7.31. The number of rotatable bonds is 6. The Morgan fingerprint density at radius 3 is 2.47 bits per heavy atom. The van der Waals surface area contributed by atoms with Gasteiger partial charge in [0, 0.05) is 12.1 Å². The fourth-order valence-electron chi connectivity index (χ4n) is 2.80. The van der Waals surface area contributed by atoms with Crippen molar-refractivity contribution in [1.29, 1.82) is 0 Å². The van der Waals surface area contributed by atoms with Crippen LogP contribution in [0.1, 0.15) is 52.1 Å². The highest BCUT2D eigenvalue weighted by Crippen LogP contribution is 2.34. The second kappa shape index (κ2) is 6.29. The van der Waals surface area contributed by atoms with Crippen molar-refractivity contribution in [3.63, 3.8) is 0 Å². The number of hydrogen-bond donors (Lipinski definition) is 1. The summed E-state index contributed by atoms with van der Waals surface area (Å²) < 4.78 is 10.8. The van der Waals surface area contributed by atoms with Crippen molar-refractivity contribution >= 4 is 0 Å². The van der Waals surface area contributed by atoms with Crippen LogP contribution in [0.3, 0.4) is 0 Å². The van der Waals surface area contributed by atoms with Crippen LogP contribution in [0.15, 0.2) is 18.2 Å². The molecule has 2 rings (SSSR count). The number of nitrogens with one attached hydrogen (secondary N) is 1. The minimum atomic E-state index is 0.324. The van der Waals surface area contributed by atoms with E-state index in [4.69, 9.17) is 9.47 Å². The lowest BCUT2D eigenvalue weighted by molar-refractivity contribution is 0.174. The Morgan fingerprint density at radius 1 is 1.11 bits per heavy atom. The van der Waals surface area contributed by atoms with Gasteiger partial charge in [-0.3, -0.25) is 0 Å². The smallest absolute Gasteiger partial charge is 0.231 e. The first-order chi connectivity index (χ1) is 9.15. The van der Waals surface area contributed by atoms with Crippen LogP contribution in [-0.2, 0) is 0 Å². The Balaban J connectivity index is 2.01. The summed E-state index contributed by atoms with van der Waals surface area (Å²) in [4.78, 5) is 0. The molecule has 0 bridgehead atoms. The van der Waals surface area contributed by atoms with Crippen molar-refractivity contribution in [2.75, 3.05) is 6.79 Å². The van der Waals surface area contributed by atoms with Gasteiger partial charge in [-0.05, 0) is 37.5 Å². The van der Waals surface area contributed by atoms with Gasteiger partial charge in [0.1, 0.15) is 0 Å². The molecule has 106 valence electrons. The average molecular weight is 263 g/mol. The maximum absolute atomic E-state index is 5.43. The minimum Gasteiger partial charge on any atom is -0.454 e. The van der Waals surface area contributed by atoms with Crippen LogP contribution < -0.4 is 14.8 Å². The molecule has 1 aliphatic heterocycles. The van der Waals surface area contributed by atoms with E-state index in [-0.39, 0.29) is 0 Å². The summed E-state index contributed by atoms with van der Waals surface area (Å²) in [6.07, 6.45) is 2.44. The van der Waals surface area contributed by atoms with Gasteiger partial charge in [-0.15, -0.1) is 0 Å². The Kier molecular flexibility index (Phi) is 4.70. The molecule has 1 aliphatic rings. The summed E-state index contributed by atoms with van der Waals surface area (Å²) in [6, 6.07) is 7.04. The van der Waals surface area contributed by atoms with E-state index in [0.29, 0.717) is 18.9 Å². The number of benzene rings is 1. The highest BCUT2D eigenvalue weighted by Gasteiger charge is 2.19. The Morgan fingerprint density at radius 2 is 1.79 bits per heavy atom.